The first-order valence-electron chi connectivity index (χ1n) is 19.7. The predicted octanol–water partition coefficient (Wildman–Crippen LogP) is 9.87. The van der Waals surface area contributed by atoms with Gasteiger partial charge in [-0.05, 0) is 49.2 Å². The van der Waals surface area contributed by atoms with Crippen molar-refractivity contribution in [1.82, 2.24) is 49.1 Å². The SMILES string of the molecule is Cc1cnn2c(NC[C@@H](C)c3c[nH]c4ccccc34)cc(-c3cncc(F)c3)nc12.Cc1cnn2c(NC[C@H](C)c3c[nH]c4ccccc34)cc(-c3cncc(F)c3)nc12. The van der Waals surface area contributed by atoms with Crippen LogP contribution in [0.2, 0.25) is 0 Å². The summed E-state index contributed by atoms with van der Waals surface area (Å²) in [7, 11) is 0. The number of pyridine rings is 2. The van der Waals surface area contributed by atoms with Crippen LogP contribution in [-0.4, -0.2) is 62.2 Å². The Hall–Kier alpha value is -7.48. The Balaban J connectivity index is 0.000000154. The van der Waals surface area contributed by atoms with Gasteiger partial charge < -0.3 is 20.6 Å². The maximum absolute atomic E-state index is 13.7. The van der Waals surface area contributed by atoms with Crippen LogP contribution in [0.5, 0.6) is 0 Å². The molecule has 8 aromatic heterocycles. The number of hydrogen-bond donors (Lipinski definition) is 4. The summed E-state index contributed by atoms with van der Waals surface area (Å²) in [6.45, 7) is 9.71. The van der Waals surface area contributed by atoms with Crippen LogP contribution in [0.25, 0.3) is 55.6 Å². The fourth-order valence-corrected chi connectivity index (χ4v) is 7.54. The van der Waals surface area contributed by atoms with Crippen molar-refractivity contribution in [3.63, 3.8) is 0 Å². The number of aromatic nitrogens is 10. The minimum atomic E-state index is -0.387. The number of aromatic amines is 2. The van der Waals surface area contributed by atoms with Gasteiger partial charge in [0.05, 0.1) is 36.2 Å². The van der Waals surface area contributed by atoms with Crippen LogP contribution in [0.3, 0.4) is 0 Å². The number of rotatable bonds is 10. The monoisotopic (exact) mass is 800 g/mol. The van der Waals surface area contributed by atoms with Gasteiger partial charge in [0.1, 0.15) is 23.3 Å². The molecule has 0 bridgehead atoms. The Bertz CT molecular complexity index is 2910. The average molecular weight is 801 g/mol. The maximum Gasteiger partial charge on any atom is 0.160 e. The van der Waals surface area contributed by atoms with Gasteiger partial charge in [-0.2, -0.15) is 19.2 Å². The molecule has 10 aromatic rings. The number of nitrogens with one attached hydrogen (secondary N) is 4. The Morgan fingerprint density at radius 1 is 0.583 bits per heavy atom. The highest BCUT2D eigenvalue weighted by molar-refractivity contribution is 5.84. The maximum atomic E-state index is 13.7. The van der Waals surface area contributed by atoms with E-state index in [0.29, 0.717) is 35.6 Å². The molecule has 8 heterocycles. The molecule has 0 saturated heterocycles. The molecule has 14 heteroatoms. The van der Waals surface area contributed by atoms with Gasteiger partial charge in [0, 0.05) is 106 Å². The molecule has 4 N–H and O–H groups in total. The topological polar surface area (TPSA) is 142 Å². The molecular weight excluding hydrogens is 759 g/mol. The minimum absolute atomic E-state index is 0.264. The van der Waals surface area contributed by atoms with Crippen molar-refractivity contribution in [1.29, 1.82) is 0 Å². The lowest BCUT2D eigenvalue weighted by Gasteiger charge is -2.15. The summed E-state index contributed by atoms with van der Waals surface area (Å²) in [5.41, 5.74) is 10.7. The summed E-state index contributed by atoms with van der Waals surface area (Å²) in [4.78, 5) is 23.9. The van der Waals surface area contributed by atoms with E-state index < -0.39 is 0 Å². The molecule has 0 fully saturated rings. The molecule has 0 aliphatic carbocycles. The van der Waals surface area contributed by atoms with E-state index in [1.165, 1.54) is 46.4 Å². The lowest BCUT2D eigenvalue weighted by Crippen LogP contribution is -2.13. The number of halogens is 2. The molecule has 0 amide bonds. The Labute approximate surface area is 343 Å². The molecule has 0 aliphatic rings. The molecule has 2 atom stereocenters. The van der Waals surface area contributed by atoms with Crippen molar-refractivity contribution in [3.8, 4) is 22.5 Å². The second-order valence-corrected chi connectivity index (χ2v) is 15.1. The predicted molar refractivity (Wildman–Crippen MR) is 232 cm³/mol. The number of nitrogens with zero attached hydrogens (tertiary/aromatic N) is 8. The van der Waals surface area contributed by atoms with E-state index in [1.807, 2.05) is 38.1 Å². The van der Waals surface area contributed by atoms with E-state index in [-0.39, 0.29) is 23.5 Å². The highest BCUT2D eigenvalue weighted by Crippen LogP contribution is 2.30. The van der Waals surface area contributed by atoms with Crippen LogP contribution in [-0.2, 0) is 0 Å². The fourth-order valence-electron chi connectivity index (χ4n) is 7.54. The minimum Gasteiger partial charge on any atom is -0.369 e. The number of fused-ring (bicyclic) bond motifs is 4. The van der Waals surface area contributed by atoms with E-state index in [9.17, 15) is 8.78 Å². The highest BCUT2D eigenvalue weighted by Gasteiger charge is 2.17. The first kappa shape index (κ1) is 38.1. The Morgan fingerprint density at radius 2 is 1.02 bits per heavy atom. The van der Waals surface area contributed by atoms with Crippen LogP contribution >= 0.6 is 0 Å². The third-order valence-corrected chi connectivity index (χ3v) is 10.8. The van der Waals surface area contributed by atoms with Crippen molar-refractivity contribution in [2.24, 2.45) is 0 Å². The number of anilines is 2. The molecule has 2 aromatic carbocycles. The van der Waals surface area contributed by atoms with Crippen molar-refractivity contribution >= 4 is 44.7 Å². The van der Waals surface area contributed by atoms with E-state index >= 15 is 0 Å². The molecule has 10 rings (SSSR count). The number of hydrogen-bond acceptors (Lipinski definition) is 8. The van der Waals surface area contributed by atoms with Crippen molar-refractivity contribution in [2.75, 3.05) is 23.7 Å². The lowest BCUT2D eigenvalue weighted by atomic mass is 10.0. The average Bonchev–Trinajstić information content (AvgIpc) is 4.07. The van der Waals surface area contributed by atoms with E-state index in [2.05, 4.69) is 113 Å². The highest BCUT2D eigenvalue weighted by atomic mass is 19.1. The van der Waals surface area contributed by atoms with Gasteiger partial charge in [-0.15, -0.1) is 0 Å². The summed E-state index contributed by atoms with van der Waals surface area (Å²) in [5.74, 6) is 1.36. The summed E-state index contributed by atoms with van der Waals surface area (Å²) in [6.07, 6.45) is 13.3. The van der Waals surface area contributed by atoms with E-state index in [0.717, 1.165) is 45.1 Å². The Morgan fingerprint density at radius 3 is 1.45 bits per heavy atom. The first-order chi connectivity index (χ1) is 29.2. The number of para-hydroxylation sites is 2. The van der Waals surface area contributed by atoms with Crippen LogP contribution in [0.4, 0.5) is 20.4 Å². The number of H-pyrrole nitrogens is 2. The molecule has 0 unspecified atom stereocenters. The molecule has 60 heavy (non-hydrogen) atoms. The molecule has 12 nitrogen and oxygen atoms in total. The van der Waals surface area contributed by atoms with Gasteiger partial charge in [-0.25, -0.2) is 18.7 Å². The van der Waals surface area contributed by atoms with Crippen molar-refractivity contribution in [3.05, 3.63) is 156 Å². The van der Waals surface area contributed by atoms with E-state index in [1.54, 1.807) is 33.8 Å². The summed E-state index contributed by atoms with van der Waals surface area (Å²) < 4.78 is 31.0. The zero-order chi connectivity index (χ0) is 41.3. The van der Waals surface area contributed by atoms with Crippen molar-refractivity contribution < 1.29 is 8.78 Å². The second kappa shape index (κ2) is 16.0. The number of aryl methyl sites for hydroxylation is 2. The van der Waals surface area contributed by atoms with Crippen molar-refractivity contribution in [2.45, 2.75) is 39.5 Å². The Kier molecular flexibility index (Phi) is 10.2. The summed E-state index contributed by atoms with van der Waals surface area (Å²) >= 11 is 0. The van der Waals surface area contributed by atoms with Crippen LogP contribution < -0.4 is 10.6 Å². The van der Waals surface area contributed by atoms with Gasteiger partial charge in [0.2, 0.25) is 0 Å². The first-order valence-corrected chi connectivity index (χ1v) is 19.7. The second-order valence-electron chi connectivity index (χ2n) is 15.1. The summed E-state index contributed by atoms with van der Waals surface area (Å²) in [6, 6.07) is 23.2. The summed E-state index contributed by atoms with van der Waals surface area (Å²) in [5, 5.41) is 18.4. The van der Waals surface area contributed by atoms with Gasteiger partial charge in [0.15, 0.2) is 11.3 Å². The normalized spacial score (nSPS) is 12.5. The molecule has 0 aliphatic heterocycles. The third kappa shape index (κ3) is 7.50. The molecule has 0 saturated carbocycles. The zero-order valence-corrected chi connectivity index (χ0v) is 33.4. The quantitative estimate of drug-likeness (QED) is 0.107. The standard InChI is InChI=1S/2C23H21FN6/c2*1-14(19-13-26-20-6-4-3-5-18(19)20)9-27-22-8-21(16-7-17(24)12-25-11-16)29-23-15(2)10-28-30(22)23/h2*3-8,10-14,26-27H,9H2,1-2H3/t2*14-/m10/s1. The fraction of sp³-hybridized carbons (Fsp3) is 0.174. The van der Waals surface area contributed by atoms with Crippen LogP contribution in [0.15, 0.2) is 122 Å². The van der Waals surface area contributed by atoms with Gasteiger partial charge in [0.25, 0.3) is 0 Å². The molecule has 0 radical (unpaired) electrons. The molecule has 0 spiro atoms. The third-order valence-electron chi connectivity index (χ3n) is 10.8. The lowest BCUT2D eigenvalue weighted by molar-refractivity contribution is 0.621. The smallest absolute Gasteiger partial charge is 0.160 e. The van der Waals surface area contributed by atoms with Gasteiger partial charge in [-0.1, -0.05) is 50.2 Å². The zero-order valence-electron chi connectivity index (χ0n) is 33.4. The largest absolute Gasteiger partial charge is 0.369 e. The van der Waals surface area contributed by atoms with Gasteiger partial charge >= 0.3 is 0 Å². The molecule has 300 valence electrons. The molecular formula is C46H42F2N12. The van der Waals surface area contributed by atoms with E-state index in [4.69, 9.17) is 0 Å². The van der Waals surface area contributed by atoms with Gasteiger partial charge in [-0.3, -0.25) is 9.97 Å². The van der Waals surface area contributed by atoms with Crippen LogP contribution in [0.1, 0.15) is 47.9 Å². The number of benzene rings is 2. The van der Waals surface area contributed by atoms with Crippen LogP contribution in [0, 0.1) is 25.5 Å².